The van der Waals surface area contributed by atoms with Gasteiger partial charge in [0.05, 0.1) is 13.5 Å². The molecule has 1 aliphatic rings. The van der Waals surface area contributed by atoms with Gasteiger partial charge in [0.2, 0.25) is 11.8 Å². The fourth-order valence-electron chi connectivity index (χ4n) is 4.40. The van der Waals surface area contributed by atoms with Gasteiger partial charge in [0, 0.05) is 19.5 Å². The number of alkyl carbamates (subject to hydrolysis) is 1. The van der Waals surface area contributed by atoms with Crippen LogP contribution in [0, 0.1) is 0 Å². The second kappa shape index (κ2) is 14.3. The molecule has 1 fully saturated rings. The zero-order valence-corrected chi connectivity index (χ0v) is 24.2. The minimum absolute atomic E-state index is 0.00583. The van der Waals surface area contributed by atoms with E-state index < -0.39 is 54.0 Å². The van der Waals surface area contributed by atoms with E-state index in [4.69, 9.17) is 14.2 Å². The van der Waals surface area contributed by atoms with Crippen molar-refractivity contribution in [1.29, 1.82) is 0 Å². The summed E-state index contributed by atoms with van der Waals surface area (Å²) in [7, 11) is 1.16. The van der Waals surface area contributed by atoms with Crippen LogP contribution in [-0.4, -0.2) is 89.2 Å². The summed E-state index contributed by atoms with van der Waals surface area (Å²) in [6, 6.07) is 12.6. The van der Waals surface area contributed by atoms with Gasteiger partial charge in [0.1, 0.15) is 36.6 Å². The van der Waals surface area contributed by atoms with Crippen molar-refractivity contribution in [2.75, 3.05) is 26.7 Å². The van der Waals surface area contributed by atoms with Gasteiger partial charge < -0.3 is 34.4 Å². The zero-order valence-electron chi connectivity index (χ0n) is 24.2. The molecule has 1 saturated heterocycles. The number of nitrogens with one attached hydrogen (secondary N) is 1. The van der Waals surface area contributed by atoms with Crippen molar-refractivity contribution >= 4 is 29.8 Å². The van der Waals surface area contributed by atoms with Crippen molar-refractivity contribution < 1.29 is 43.3 Å². The normalized spacial score (nSPS) is 15.9. The van der Waals surface area contributed by atoms with Crippen LogP contribution in [0.3, 0.4) is 0 Å². The molecule has 0 aliphatic carbocycles. The number of benzene rings is 2. The third kappa shape index (κ3) is 9.50. The Kier molecular flexibility index (Phi) is 10.9. The number of phenols is 1. The molecule has 0 saturated carbocycles. The molecule has 226 valence electrons. The predicted molar refractivity (Wildman–Crippen MR) is 150 cm³/mol. The highest BCUT2D eigenvalue weighted by Gasteiger charge is 2.42. The Morgan fingerprint density at radius 1 is 0.976 bits per heavy atom. The molecule has 0 aromatic heterocycles. The molecule has 12 heteroatoms. The van der Waals surface area contributed by atoms with Crippen molar-refractivity contribution in [3.8, 4) is 5.75 Å². The van der Waals surface area contributed by atoms with Gasteiger partial charge in [-0.05, 0) is 44.0 Å². The molecule has 1 aliphatic heterocycles. The summed E-state index contributed by atoms with van der Waals surface area (Å²) in [5.74, 6) is -2.57. The number of piperazine rings is 1. The lowest BCUT2D eigenvalue weighted by atomic mass is 10.0. The molecule has 0 bridgehead atoms. The van der Waals surface area contributed by atoms with Crippen LogP contribution >= 0.6 is 0 Å². The number of aromatic hydroxyl groups is 1. The molecule has 2 aromatic carbocycles. The number of ether oxygens (including phenoxy) is 3. The number of methoxy groups -OCH3 is 1. The van der Waals surface area contributed by atoms with Crippen molar-refractivity contribution in [3.05, 3.63) is 65.7 Å². The van der Waals surface area contributed by atoms with Gasteiger partial charge in [0.25, 0.3) is 0 Å². The average molecular weight is 584 g/mol. The molecule has 1 unspecified atom stereocenters. The number of hydrogen-bond acceptors (Lipinski definition) is 9. The first-order valence-corrected chi connectivity index (χ1v) is 13.5. The molecule has 2 N–H and O–H groups in total. The van der Waals surface area contributed by atoms with Crippen LogP contribution in [0.15, 0.2) is 54.6 Å². The Morgan fingerprint density at radius 2 is 1.64 bits per heavy atom. The van der Waals surface area contributed by atoms with Crippen molar-refractivity contribution in [3.63, 3.8) is 0 Å². The zero-order chi connectivity index (χ0) is 30.9. The molecule has 3 rings (SSSR count). The molecular formula is C30H37N3O9. The quantitative estimate of drug-likeness (QED) is 0.317. The molecule has 3 amide bonds. The van der Waals surface area contributed by atoms with Gasteiger partial charge >= 0.3 is 18.0 Å². The fourth-order valence-corrected chi connectivity index (χ4v) is 4.40. The summed E-state index contributed by atoms with van der Waals surface area (Å²) >= 11 is 0. The highest BCUT2D eigenvalue weighted by molar-refractivity contribution is 5.95. The summed E-state index contributed by atoms with van der Waals surface area (Å²) in [5, 5.41) is 12.3. The first-order valence-electron chi connectivity index (χ1n) is 13.5. The number of rotatable bonds is 10. The van der Waals surface area contributed by atoms with Gasteiger partial charge in [-0.1, -0.05) is 42.5 Å². The third-order valence-corrected chi connectivity index (χ3v) is 6.37. The van der Waals surface area contributed by atoms with Crippen LogP contribution in [0.25, 0.3) is 0 Å². The van der Waals surface area contributed by atoms with Crippen molar-refractivity contribution in [2.45, 2.75) is 57.9 Å². The SMILES string of the molecule is COC(=O)CC1C(=O)N(CC(=O)OC(C)(C)C)CCN1C(=O)[C@H](Cc1ccc(O)cc1)NC(=O)OCc1ccccc1. The number of nitrogens with zero attached hydrogens (tertiary/aromatic N) is 2. The first kappa shape index (κ1) is 31.9. The smallest absolute Gasteiger partial charge is 0.408 e. The summed E-state index contributed by atoms with van der Waals surface area (Å²) in [6.45, 7) is 4.73. The number of carbonyl (C=O) groups is 5. The largest absolute Gasteiger partial charge is 0.508 e. The number of hydrogen-bond donors (Lipinski definition) is 2. The fraction of sp³-hybridized carbons (Fsp3) is 0.433. The Bertz CT molecular complexity index is 1260. The van der Waals surface area contributed by atoms with E-state index in [0.717, 1.165) is 12.7 Å². The Morgan fingerprint density at radius 3 is 2.26 bits per heavy atom. The Hall–Kier alpha value is -4.61. The molecule has 1 heterocycles. The van der Waals surface area contributed by atoms with Gasteiger partial charge in [-0.2, -0.15) is 0 Å². The summed E-state index contributed by atoms with van der Waals surface area (Å²) in [4.78, 5) is 67.3. The molecule has 0 radical (unpaired) electrons. The van der Waals surface area contributed by atoms with E-state index >= 15 is 0 Å². The van der Waals surface area contributed by atoms with Crippen LogP contribution in [0.5, 0.6) is 5.75 Å². The maximum Gasteiger partial charge on any atom is 0.408 e. The van der Waals surface area contributed by atoms with Crippen LogP contribution in [0.1, 0.15) is 38.3 Å². The maximum atomic E-state index is 13.9. The summed E-state index contributed by atoms with van der Waals surface area (Å²) in [6.07, 6.45) is -1.29. The third-order valence-electron chi connectivity index (χ3n) is 6.37. The van der Waals surface area contributed by atoms with E-state index in [1.807, 2.05) is 6.07 Å². The standard InChI is InChI=1S/C30H37N3O9/c1-30(2,3)42-26(36)18-32-14-15-33(24(28(32)38)17-25(35)40-4)27(37)23(16-20-10-12-22(34)13-11-20)31-29(39)41-19-21-8-6-5-7-9-21/h5-13,23-24,34H,14-19H2,1-4H3,(H,31,39)/t23-,24?/m0/s1. The van der Waals surface area contributed by atoms with E-state index in [0.29, 0.717) is 5.56 Å². The molecule has 12 nitrogen and oxygen atoms in total. The van der Waals surface area contributed by atoms with Gasteiger partial charge in [-0.25, -0.2) is 4.79 Å². The van der Waals surface area contributed by atoms with Gasteiger partial charge in [-0.3, -0.25) is 19.2 Å². The van der Waals surface area contributed by atoms with E-state index in [-0.39, 0.29) is 38.4 Å². The summed E-state index contributed by atoms with van der Waals surface area (Å²) < 4.78 is 15.4. The van der Waals surface area contributed by atoms with Crippen molar-refractivity contribution in [2.24, 2.45) is 0 Å². The van der Waals surface area contributed by atoms with E-state index in [2.05, 4.69) is 5.32 Å². The van der Waals surface area contributed by atoms with Gasteiger partial charge in [-0.15, -0.1) is 0 Å². The molecule has 2 atom stereocenters. The topological polar surface area (TPSA) is 152 Å². The second-order valence-electron chi connectivity index (χ2n) is 10.8. The first-order chi connectivity index (χ1) is 19.9. The minimum atomic E-state index is -1.27. The lowest BCUT2D eigenvalue weighted by Gasteiger charge is -2.41. The molecule has 2 aromatic rings. The average Bonchev–Trinajstić information content (AvgIpc) is 2.94. The lowest BCUT2D eigenvalue weighted by Crippen LogP contribution is -2.63. The lowest BCUT2D eigenvalue weighted by molar-refractivity contribution is -0.164. The monoisotopic (exact) mass is 583 g/mol. The van der Waals surface area contributed by atoms with E-state index in [1.165, 1.54) is 21.9 Å². The number of phenolic OH excluding ortho intramolecular Hbond substituents is 1. The van der Waals surface area contributed by atoms with Gasteiger partial charge in [0.15, 0.2) is 0 Å². The van der Waals surface area contributed by atoms with Crippen LogP contribution < -0.4 is 5.32 Å². The highest BCUT2D eigenvalue weighted by atomic mass is 16.6. The Labute approximate surface area is 244 Å². The number of amides is 3. The molecular weight excluding hydrogens is 546 g/mol. The van der Waals surface area contributed by atoms with E-state index in [9.17, 15) is 29.1 Å². The van der Waals surface area contributed by atoms with Crippen LogP contribution in [0.4, 0.5) is 4.79 Å². The highest BCUT2D eigenvalue weighted by Crippen LogP contribution is 2.20. The Balaban J connectivity index is 1.81. The van der Waals surface area contributed by atoms with Crippen molar-refractivity contribution in [1.82, 2.24) is 15.1 Å². The maximum absolute atomic E-state index is 13.9. The minimum Gasteiger partial charge on any atom is -0.508 e. The molecule has 0 spiro atoms. The van der Waals surface area contributed by atoms with Crippen LogP contribution in [0.2, 0.25) is 0 Å². The van der Waals surface area contributed by atoms with Crippen LogP contribution in [-0.2, 0) is 46.4 Å². The predicted octanol–water partition coefficient (Wildman–Crippen LogP) is 2.17. The van der Waals surface area contributed by atoms with E-state index in [1.54, 1.807) is 57.2 Å². The summed E-state index contributed by atoms with van der Waals surface area (Å²) in [5.41, 5.74) is 0.610. The number of esters is 2. The number of carbonyl (C=O) groups excluding carboxylic acids is 5. The molecule has 42 heavy (non-hydrogen) atoms. The second-order valence-corrected chi connectivity index (χ2v) is 10.8.